The average molecular weight is 474 g/mol. The lowest BCUT2D eigenvalue weighted by molar-refractivity contribution is -0.140. The summed E-state index contributed by atoms with van der Waals surface area (Å²) in [5.74, 6) is -0.936. The number of hydrogen-bond donors (Lipinski definition) is 0. The van der Waals surface area contributed by atoms with Gasteiger partial charge in [-0.3, -0.25) is 0 Å². The van der Waals surface area contributed by atoms with Gasteiger partial charge in [0.25, 0.3) is 0 Å². The Morgan fingerprint density at radius 3 is 1.90 bits per heavy atom. The molecule has 0 aromatic heterocycles. The Labute approximate surface area is 153 Å². The Bertz CT molecular complexity index is 536. The van der Waals surface area contributed by atoms with Crippen molar-refractivity contribution in [1.29, 1.82) is 0 Å². The zero-order chi connectivity index (χ0) is 15.4. The first-order chi connectivity index (χ1) is 10.1. The van der Waals surface area contributed by atoms with Crippen LogP contribution in [-0.2, 0) is 19.1 Å². The first-order valence-electron chi connectivity index (χ1n) is 5.95. The summed E-state index contributed by atoms with van der Waals surface area (Å²) >= 11 is 8.07. The quantitative estimate of drug-likeness (QED) is 0.432. The van der Waals surface area contributed by atoms with Gasteiger partial charge in [-0.15, -0.1) is 0 Å². The van der Waals surface area contributed by atoms with Crippen molar-refractivity contribution in [2.45, 2.75) is 13.8 Å². The minimum Gasteiger partial charge on any atom is -0.462 e. The fourth-order valence-corrected chi connectivity index (χ4v) is 7.49. The van der Waals surface area contributed by atoms with Crippen LogP contribution in [0.3, 0.4) is 0 Å². The summed E-state index contributed by atoms with van der Waals surface area (Å²) in [6, 6.07) is 0. The van der Waals surface area contributed by atoms with E-state index in [0.29, 0.717) is 9.81 Å². The monoisotopic (exact) mass is 474 g/mol. The molecule has 0 bridgehead atoms. The largest absolute Gasteiger partial charge is 0.462 e. The van der Waals surface area contributed by atoms with Gasteiger partial charge in [0.05, 0.1) is 24.6 Å². The molecule has 0 amide bonds. The van der Waals surface area contributed by atoms with Gasteiger partial charge in [-0.1, -0.05) is 47.0 Å². The maximum atomic E-state index is 12.0. The summed E-state index contributed by atoms with van der Waals surface area (Å²) in [6.45, 7) is 4.03. The van der Waals surface area contributed by atoms with Gasteiger partial charge in [0.15, 0.2) is 0 Å². The number of rotatable bonds is 4. The molecule has 114 valence electrons. The lowest BCUT2D eigenvalue weighted by Crippen LogP contribution is -2.11. The molecule has 0 saturated heterocycles. The predicted octanol–water partition coefficient (Wildman–Crippen LogP) is 4.64. The molecule has 0 unspecified atom stereocenters. The van der Waals surface area contributed by atoms with Gasteiger partial charge in [0.2, 0.25) is 0 Å². The van der Waals surface area contributed by atoms with Crippen molar-refractivity contribution in [2.24, 2.45) is 0 Å². The Kier molecular flexibility index (Phi) is 6.91. The normalized spacial score (nSPS) is 18.1. The van der Waals surface area contributed by atoms with Crippen molar-refractivity contribution in [3.63, 3.8) is 0 Å². The second kappa shape index (κ2) is 8.23. The number of esters is 2. The fraction of sp³-hybridized carbons (Fsp3) is 0.333. The molecule has 21 heavy (non-hydrogen) atoms. The minimum absolute atomic E-state index is 0.276. The van der Waals surface area contributed by atoms with E-state index in [0.717, 1.165) is 8.47 Å². The Morgan fingerprint density at radius 1 is 1.00 bits per heavy atom. The predicted molar refractivity (Wildman–Crippen MR) is 99.8 cm³/mol. The first-order valence-corrected chi connectivity index (χ1v) is 10.4. The highest BCUT2D eigenvalue weighted by Crippen LogP contribution is 2.59. The van der Waals surface area contributed by atoms with Crippen molar-refractivity contribution in [3.05, 3.63) is 26.6 Å². The third-order valence-corrected chi connectivity index (χ3v) is 8.76. The minimum atomic E-state index is -0.468. The molecule has 0 saturated carbocycles. The maximum absolute atomic E-state index is 12.0. The lowest BCUT2D eigenvalue weighted by atomic mass is 10.5. The van der Waals surface area contributed by atoms with E-state index in [2.05, 4.69) is 22.6 Å². The molecule has 4 nitrogen and oxygen atoms in total. The molecule has 2 aliphatic heterocycles. The molecule has 0 aliphatic carbocycles. The van der Waals surface area contributed by atoms with Crippen LogP contribution in [0, 0.1) is 0 Å². The second-order valence-electron chi connectivity index (χ2n) is 3.52. The topological polar surface area (TPSA) is 52.6 Å². The number of hydrogen-bond acceptors (Lipinski definition) is 8. The number of halogens is 1. The third kappa shape index (κ3) is 4.40. The first kappa shape index (κ1) is 17.6. The van der Waals surface area contributed by atoms with Crippen molar-refractivity contribution in [2.75, 3.05) is 13.2 Å². The highest BCUT2D eigenvalue weighted by molar-refractivity contribution is 14.1. The fourth-order valence-electron chi connectivity index (χ4n) is 1.37. The van der Waals surface area contributed by atoms with Crippen molar-refractivity contribution in [3.8, 4) is 0 Å². The van der Waals surface area contributed by atoms with E-state index in [1.807, 2.05) is 5.41 Å². The van der Waals surface area contributed by atoms with E-state index in [-0.39, 0.29) is 13.2 Å². The molecule has 0 aromatic carbocycles. The molecule has 0 fully saturated rings. The van der Waals surface area contributed by atoms with Gasteiger partial charge in [0, 0.05) is 0 Å². The molecule has 0 spiro atoms. The molecule has 0 atom stereocenters. The van der Waals surface area contributed by atoms with Crippen molar-refractivity contribution in [1.82, 2.24) is 0 Å². The summed E-state index contributed by atoms with van der Waals surface area (Å²) in [5, 5.41) is 2.04. The number of ether oxygens (including phenoxy) is 2. The molecular weight excluding hydrogens is 463 g/mol. The smallest absolute Gasteiger partial charge is 0.346 e. The van der Waals surface area contributed by atoms with Gasteiger partial charge >= 0.3 is 11.9 Å². The van der Waals surface area contributed by atoms with Gasteiger partial charge in [0.1, 0.15) is 9.81 Å². The van der Waals surface area contributed by atoms with Crippen LogP contribution in [0.25, 0.3) is 0 Å². The average Bonchev–Trinajstić information content (AvgIpc) is 3.05. The second-order valence-corrected chi connectivity index (χ2v) is 9.90. The van der Waals surface area contributed by atoms with Crippen LogP contribution in [0.4, 0.5) is 0 Å². The zero-order valence-corrected chi connectivity index (χ0v) is 16.6. The molecule has 0 radical (unpaired) electrons. The summed E-state index contributed by atoms with van der Waals surface area (Å²) in [6.07, 6.45) is 0. The van der Waals surface area contributed by atoms with Crippen LogP contribution in [0.1, 0.15) is 13.8 Å². The van der Waals surface area contributed by atoms with Gasteiger partial charge in [-0.2, -0.15) is 0 Å². The van der Waals surface area contributed by atoms with Crippen LogP contribution >= 0.6 is 69.6 Å². The van der Waals surface area contributed by atoms with E-state index in [1.54, 1.807) is 37.4 Å². The summed E-state index contributed by atoms with van der Waals surface area (Å²) in [7, 11) is 0. The number of thioether (sulfide) groups is 4. The van der Waals surface area contributed by atoms with Crippen molar-refractivity contribution < 1.29 is 19.1 Å². The SMILES string of the molecule is CCOC(=O)C1=C(C(=O)OCC)SC(=C2SC=C(I)S2)S1. The van der Waals surface area contributed by atoms with Crippen molar-refractivity contribution >= 4 is 81.6 Å². The van der Waals surface area contributed by atoms with Gasteiger partial charge in [-0.05, 0) is 41.8 Å². The van der Waals surface area contributed by atoms with Gasteiger partial charge < -0.3 is 9.47 Å². The standard InChI is InChI=1S/C12H11IO4S4/c1-3-16-9(14)7-8(10(15)17-4-2)21-12(20-7)11-18-5-6(13)19-11/h5H,3-4H2,1-2H3. The van der Waals surface area contributed by atoms with E-state index in [9.17, 15) is 9.59 Å². The van der Waals surface area contributed by atoms with E-state index < -0.39 is 11.9 Å². The van der Waals surface area contributed by atoms with Crippen LogP contribution in [0.5, 0.6) is 0 Å². The van der Waals surface area contributed by atoms with Crippen LogP contribution in [0.2, 0.25) is 0 Å². The lowest BCUT2D eigenvalue weighted by Gasteiger charge is -2.04. The molecule has 9 heteroatoms. The van der Waals surface area contributed by atoms with Crippen LogP contribution in [-0.4, -0.2) is 25.2 Å². The highest BCUT2D eigenvalue weighted by Gasteiger charge is 2.35. The van der Waals surface area contributed by atoms with E-state index in [4.69, 9.17) is 9.47 Å². The Balaban J connectivity index is 2.24. The maximum Gasteiger partial charge on any atom is 0.346 e. The molecule has 2 rings (SSSR count). The Morgan fingerprint density at radius 2 is 1.52 bits per heavy atom. The van der Waals surface area contributed by atoms with E-state index >= 15 is 0 Å². The molecule has 0 N–H and O–H groups in total. The molecule has 2 heterocycles. The third-order valence-electron chi connectivity index (χ3n) is 2.13. The Hall–Kier alpha value is 0.290. The van der Waals surface area contributed by atoms with Gasteiger partial charge in [-0.25, -0.2) is 9.59 Å². The summed E-state index contributed by atoms with van der Waals surface area (Å²) in [5.41, 5.74) is 0. The number of carbonyl (C=O) groups is 2. The van der Waals surface area contributed by atoms with Crippen LogP contribution in [0.15, 0.2) is 26.6 Å². The highest BCUT2D eigenvalue weighted by atomic mass is 127. The van der Waals surface area contributed by atoms with E-state index in [1.165, 1.54) is 26.4 Å². The molecule has 0 aromatic rings. The summed E-state index contributed by atoms with van der Waals surface area (Å²) < 4.78 is 13.2. The molecular formula is C12H11IO4S4. The zero-order valence-electron chi connectivity index (χ0n) is 11.1. The summed E-state index contributed by atoms with van der Waals surface area (Å²) in [4.78, 5) is 24.7. The molecule has 2 aliphatic rings. The van der Waals surface area contributed by atoms with Crippen LogP contribution < -0.4 is 0 Å². The number of carbonyl (C=O) groups excluding carboxylic acids is 2.